The second-order valence-electron chi connectivity index (χ2n) is 6.74. The lowest BCUT2D eigenvalue weighted by Crippen LogP contribution is -2.25. The number of fused-ring (bicyclic) bond motifs is 1. The standard InChI is InChI=1S/C20H20N2O4/c1-20(2)17-6-4-5-7-18(17)21(3)19(20)12-15(23)13-26-16-10-8-14(9-11-16)22(24)25/h4-12H,13H2,1-3H3/b19-12-. The van der Waals surface area contributed by atoms with Gasteiger partial charge in [0.05, 0.1) is 4.92 Å². The van der Waals surface area contributed by atoms with Crippen molar-refractivity contribution < 1.29 is 14.5 Å². The number of allylic oxidation sites excluding steroid dienone is 1. The van der Waals surface area contributed by atoms with E-state index in [0.717, 1.165) is 11.4 Å². The summed E-state index contributed by atoms with van der Waals surface area (Å²) in [5.41, 5.74) is 2.90. The first-order valence-corrected chi connectivity index (χ1v) is 8.26. The van der Waals surface area contributed by atoms with Crippen LogP contribution in [0.4, 0.5) is 11.4 Å². The number of hydrogen-bond acceptors (Lipinski definition) is 5. The number of likely N-dealkylation sites (N-methyl/N-ethyl adjacent to an activating group) is 1. The largest absolute Gasteiger partial charge is 0.485 e. The summed E-state index contributed by atoms with van der Waals surface area (Å²) in [4.78, 5) is 24.6. The zero-order valence-electron chi connectivity index (χ0n) is 14.9. The molecule has 0 unspecified atom stereocenters. The van der Waals surface area contributed by atoms with Gasteiger partial charge in [0.25, 0.3) is 5.69 Å². The molecule has 26 heavy (non-hydrogen) atoms. The summed E-state index contributed by atoms with van der Waals surface area (Å²) < 4.78 is 5.46. The highest BCUT2D eigenvalue weighted by Gasteiger charge is 2.38. The van der Waals surface area contributed by atoms with Crippen LogP contribution in [-0.4, -0.2) is 24.4 Å². The van der Waals surface area contributed by atoms with Gasteiger partial charge in [-0.1, -0.05) is 32.0 Å². The van der Waals surface area contributed by atoms with Crippen LogP contribution in [0.2, 0.25) is 0 Å². The molecule has 6 heteroatoms. The quantitative estimate of drug-likeness (QED) is 0.464. The zero-order valence-corrected chi connectivity index (χ0v) is 14.9. The monoisotopic (exact) mass is 352 g/mol. The predicted molar refractivity (Wildman–Crippen MR) is 99.6 cm³/mol. The second-order valence-corrected chi connectivity index (χ2v) is 6.74. The molecule has 0 fully saturated rings. The predicted octanol–water partition coefficient (Wildman–Crippen LogP) is 3.85. The van der Waals surface area contributed by atoms with E-state index in [1.165, 1.54) is 29.8 Å². The van der Waals surface area contributed by atoms with Crippen molar-refractivity contribution in [3.8, 4) is 5.75 Å². The van der Waals surface area contributed by atoms with Crippen LogP contribution >= 0.6 is 0 Å². The molecule has 0 spiro atoms. The Bertz CT molecular complexity index is 885. The van der Waals surface area contributed by atoms with Crippen molar-refractivity contribution in [2.75, 3.05) is 18.6 Å². The Kier molecular flexibility index (Phi) is 4.50. The van der Waals surface area contributed by atoms with Crippen LogP contribution in [0.1, 0.15) is 19.4 Å². The average Bonchev–Trinajstić information content (AvgIpc) is 2.81. The Morgan fingerprint density at radius 1 is 1.19 bits per heavy atom. The Morgan fingerprint density at radius 3 is 2.46 bits per heavy atom. The first-order chi connectivity index (χ1) is 12.3. The molecule has 0 N–H and O–H groups in total. The number of non-ortho nitro benzene ring substituents is 1. The summed E-state index contributed by atoms with van der Waals surface area (Å²) in [7, 11) is 1.95. The maximum Gasteiger partial charge on any atom is 0.269 e. The summed E-state index contributed by atoms with van der Waals surface area (Å²) in [5.74, 6) is 0.260. The van der Waals surface area contributed by atoms with E-state index in [4.69, 9.17) is 4.74 Å². The third kappa shape index (κ3) is 3.18. The first-order valence-electron chi connectivity index (χ1n) is 8.26. The smallest absolute Gasteiger partial charge is 0.269 e. The molecule has 0 aromatic heterocycles. The molecule has 0 bridgehead atoms. The van der Waals surface area contributed by atoms with E-state index in [0.29, 0.717) is 5.75 Å². The van der Waals surface area contributed by atoms with Gasteiger partial charge in [-0.2, -0.15) is 0 Å². The molecule has 0 aliphatic carbocycles. The minimum Gasteiger partial charge on any atom is -0.485 e. The van der Waals surface area contributed by atoms with Crippen molar-refractivity contribution in [3.63, 3.8) is 0 Å². The summed E-state index contributed by atoms with van der Waals surface area (Å²) >= 11 is 0. The maximum atomic E-state index is 12.4. The Balaban J connectivity index is 1.72. The van der Waals surface area contributed by atoms with Crippen molar-refractivity contribution in [1.29, 1.82) is 0 Å². The number of nitrogens with zero attached hydrogens (tertiary/aromatic N) is 2. The zero-order chi connectivity index (χ0) is 18.9. The number of para-hydroxylation sites is 1. The van der Waals surface area contributed by atoms with Gasteiger partial charge < -0.3 is 9.64 Å². The van der Waals surface area contributed by atoms with E-state index in [1.807, 2.05) is 30.1 Å². The number of anilines is 1. The van der Waals surface area contributed by atoms with Gasteiger partial charge in [0, 0.05) is 42.1 Å². The van der Waals surface area contributed by atoms with Gasteiger partial charge in [0.2, 0.25) is 0 Å². The number of nitro groups is 1. The highest BCUT2D eigenvalue weighted by Crippen LogP contribution is 2.46. The van der Waals surface area contributed by atoms with Crippen molar-refractivity contribution in [2.45, 2.75) is 19.3 Å². The van der Waals surface area contributed by atoms with Gasteiger partial charge in [-0.3, -0.25) is 14.9 Å². The van der Waals surface area contributed by atoms with E-state index >= 15 is 0 Å². The molecule has 0 saturated heterocycles. The number of carbonyl (C=O) groups is 1. The maximum absolute atomic E-state index is 12.4. The fourth-order valence-electron chi connectivity index (χ4n) is 3.27. The minimum absolute atomic E-state index is 0.0158. The average molecular weight is 352 g/mol. The molecule has 3 rings (SSSR count). The van der Waals surface area contributed by atoms with Crippen molar-refractivity contribution in [1.82, 2.24) is 0 Å². The van der Waals surface area contributed by atoms with Crippen molar-refractivity contribution in [2.24, 2.45) is 0 Å². The first kappa shape index (κ1) is 17.7. The van der Waals surface area contributed by atoms with Gasteiger partial charge in [-0.05, 0) is 23.8 Å². The highest BCUT2D eigenvalue weighted by molar-refractivity contribution is 5.93. The fourth-order valence-corrected chi connectivity index (χ4v) is 3.27. The third-order valence-electron chi connectivity index (χ3n) is 4.67. The van der Waals surface area contributed by atoms with E-state index in [9.17, 15) is 14.9 Å². The molecule has 1 heterocycles. The summed E-state index contributed by atoms with van der Waals surface area (Å²) in [6.07, 6.45) is 1.62. The van der Waals surface area contributed by atoms with Gasteiger partial charge in [-0.15, -0.1) is 0 Å². The van der Waals surface area contributed by atoms with Crippen LogP contribution in [-0.2, 0) is 10.2 Å². The topological polar surface area (TPSA) is 72.7 Å². The number of hydrogen-bond donors (Lipinski definition) is 0. The molecular weight excluding hydrogens is 332 g/mol. The Labute approximate surface area is 151 Å². The lowest BCUT2D eigenvalue weighted by molar-refractivity contribution is -0.384. The molecule has 0 saturated carbocycles. The van der Waals surface area contributed by atoms with Crippen molar-refractivity contribution in [3.05, 3.63) is 76.0 Å². The van der Waals surface area contributed by atoms with Crippen LogP contribution < -0.4 is 9.64 Å². The summed E-state index contributed by atoms with van der Waals surface area (Å²) in [6, 6.07) is 13.8. The lowest BCUT2D eigenvalue weighted by Gasteiger charge is -2.23. The van der Waals surface area contributed by atoms with Gasteiger partial charge in [0.15, 0.2) is 12.4 Å². The molecule has 0 radical (unpaired) electrons. The Hall–Kier alpha value is -3.15. The molecule has 2 aromatic rings. The van der Waals surface area contributed by atoms with Gasteiger partial charge in [-0.25, -0.2) is 0 Å². The van der Waals surface area contributed by atoms with E-state index < -0.39 is 4.92 Å². The number of benzene rings is 2. The molecule has 1 aliphatic heterocycles. The van der Waals surface area contributed by atoms with E-state index in [-0.39, 0.29) is 23.5 Å². The molecular formula is C20H20N2O4. The van der Waals surface area contributed by atoms with Crippen LogP contribution in [0.25, 0.3) is 0 Å². The van der Waals surface area contributed by atoms with Crippen LogP contribution in [0, 0.1) is 10.1 Å². The van der Waals surface area contributed by atoms with E-state index in [2.05, 4.69) is 19.9 Å². The molecule has 0 atom stereocenters. The number of rotatable bonds is 5. The van der Waals surface area contributed by atoms with Crippen LogP contribution in [0.3, 0.4) is 0 Å². The highest BCUT2D eigenvalue weighted by atomic mass is 16.6. The minimum atomic E-state index is -0.477. The summed E-state index contributed by atoms with van der Waals surface area (Å²) in [6.45, 7) is 4.05. The van der Waals surface area contributed by atoms with Gasteiger partial charge >= 0.3 is 0 Å². The SMILES string of the molecule is CN1/C(=C\C(=O)COc2ccc([N+](=O)[O-])cc2)C(C)(C)c2ccccc21. The molecule has 0 amide bonds. The number of ether oxygens (including phenoxy) is 1. The lowest BCUT2D eigenvalue weighted by atomic mass is 9.83. The van der Waals surface area contributed by atoms with Gasteiger partial charge in [0.1, 0.15) is 5.75 Å². The third-order valence-corrected chi connectivity index (χ3v) is 4.67. The molecule has 134 valence electrons. The number of carbonyl (C=O) groups excluding carboxylic acids is 1. The fraction of sp³-hybridized carbons (Fsp3) is 0.250. The van der Waals surface area contributed by atoms with Crippen LogP contribution in [0.5, 0.6) is 5.75 Å². The summed E-state index contributed by atoms with van der Waals surface area (Å²) in [5, 5.41) is 10.7. The molecule has 6 nitrogen and oxygen atoms in total. The molecule has 1 aliphatic rings. The van der Waals surface area contributed by atoms with Crippen LogP contribution in [0.15, 0.2) is 60.3 Å². The molecule has 2 aromatic carbocycles. The Morgan fingerprint density at radius 2 is 1.85 bits per heavy atom. The second kappa shape index (κ2) is 6.63. The van der Waals surface area contributed by atoms with E-state index in [1.54, 1.807) is 6.08 Å². The normalized spacial score (nSPS) is 16.4. The number of ketones is 1. The number of nitro benzene ring substituents is 1. The van der Waals surface area contributed by atoms with Crippen molar-refractivity contribution >= 4 is 17.2 Å².